The number of carbonyl (C=O) groups is 2. The van der Waals surface area contributed by atoms with E-state index in [0.717, 1.165) is 24.3 Å². The van der Waals surface area contributed by atoms with Gasteiger partial charge in [-0.05, 0) is 30.7 Å². The van der Waals surface area contributed by atoms with Gasteiger partial charge >= 0.3 is 12.4 Å². The number of nitrogens with one attached hydrogen (secondary N) is 1. The van der Waals surface area contributed by atoms with Crippen molar-refractivity contribution in [2.24, 2.45) is 0 Å². The molecule has 3 aliphatic heterocycles. The first-order valence-electron chi connectivity index (χ1n) is 9.68. The van der Waals surface area contributed by atoms with Gasteiger partial charge in [-0.1, -0.05) is 0 Å². The number of hydrogen-bond acceptors (Lipinski definition) is 5. The lowest BCUT2D eigenvalue weighted by Gasteiger charge is -2.49. The van der Waals surface area contributed by atoms with E-state index in [4.69, 9.17) is 0 Å². The van der Waals surface area contributed by atoms with Crippen LogP contribution in [-0.2, 0) is 14.8 Å². The molecule has 0 bridgehead atoms. The number of ether oxygens (including phenoxy) is 1. The van der Waals surface area contributed by atoms with Crippen LogP contribution in [0.5, 0.6) is 5.75 Å². The molecule has 0 unspecified atom stereocenters. The zero-order valence-electron chi connectivity index (χ0n) is 16.4. The molecule has 4 rings (SSSR count). The summed E-state index contributed by atoms with van der Waals surface area (Å²) >= 11 is 0. The number of urea groups is 1. The molecule has 9 nitrogen and oxygen atoms in total. The van der Waals surface area contributed by atoms with E-state index in [1.165, 1.54) is 4.31 Å². The largest absolute Gasteiger partial charge is 0.573 e. The lowest BCUT2D eigenvalue weighted by atomic mass is 9.88. The first-order chi connectivity index (χ1) is 14.5. The Bertz CT molecular complexity index is 969. The van der Waals surface area contributed by atoms with Crippen LogP contribution < -0.4 is 10.1 Å². The molecule has 3 aliphatic rings. The van der Waals surface area contributed by atoms with E-state index in [-0.39, 0.29) is 48.6 Å². The molecule has 1 aromatic rings. The maximum atomic E-state index is 12.8. The van der Waals surface area contributed by atoms with Crippen molar-refractivity contribution in [1.82, 2.24) is 19.4 Å². The van der Waals surface area contributed by atoms with Crippen LogP contribution in [0.25, 0.3) is 0 Å². The molecule has 0 saturated carbocycles. The van der Waals surface area contributed by atoms with Gasteiger partial charge in [-0.25, -0.2) is 13.2 Å². The smallest absolute Gasteiger partial charge is 0.406 e. The Balaban J connectivity index is 1.32. The van der Waals surface area contributed by atoms with Crippen molar-refractivity contribution >= 4 is 22.0 Å². The standard InChI is InChI=1S/C18H21F3N4O5S/c19-18(20,21)30-13-1-3-14(4-2-13)31(28,29)25-9-7-23(8-10-25)16(27)24-11-17(12-24)6-5-15(26)22-17/h1-4H,5-12H2,(H,22,26). The zero-order chi connectivity index (χ0) is 22.4. The molecular formula is C18H21F3N4O5S. The van der Waals surface area contributed by atoms with Crippen molar-refractivity contribution in [3.8, 4) is 5.75 Å². The highest BCUT2D eigenvalue weighted by molar-refractivity contribution is 7.89. The number of benzene rings is 1. The van der Waals surface area contributed by atoms with E-state index in [0.29, 0.717) is 25.9 Å². The number of alkyl halides is 3. The summed E-state index contributed by atoms with van der Waals surface area (Å²) < 4.78 is 67.3. The van der Waals surface area contributed by atoms with E-state index < -0.39 is 22.1 Å². The highest BCUT2D eigenvalue weighted by Gasteiger charge is 2.50. The lowest BCUT2D eigenvalue weighted by molar-refractivity contribution is -0.274. The summed E-state index contributed by atoms with van der Waals surface area (Å²) in [6.45, 7) is 1.44. The number of nitrogens with zero attached hydrogens (tertiary/aromatic N) is 3. The molecule has 13 heteroatoms. The topological polar surface area (TPSA) is 99.3 Å². The summed E-state index contributed by atoms with van der Waals surface area (Å²) in [5.74, 6) is -0.517. The number of piperazine rings is 1. The van der Waals surface area contributed by atoms with Crippen LogP contribution in [0.3, 0.4) is 0 Å². The Morgan fingerprint density at radius 3 is 2.16 bits per heavy atom. The number of hydrogen-bond donors (Lipinski definition) is 1. The number of halogens is 3. The van der Waals surface area contributed by atoms with Gasteiger partial charge in [0.1, 0.15) is 5.75 Å². The summed E-state index contributed by atoms with van der Waals surface area (Å²) in [6.07, 6.45) is -3.70. The second-order valence-corrected chi connectivity index (χ2v) is 9.82. The Labute approximate surface area is 176 Å². The van der Waals surface area contributed by atoms with Crippen molar-refractivity contribution in [2.75, 3.05) is 39.3 Å². The van der Waals surface area contributed by atoms with Gasteiger partial charge in [0.25, 0.3) is 0 Å². The predicted molar refractivity (Wildman–Crippen MR) is 101 cm³/mol. The molecule has 1 N–H and O–H groups in total. The number of likely N-dealkylation sites (tertiary alicyclic amines) is 1. The zero-order valence-corrected chi connectivity index (χ0v) is 17.2. The Hall–Kier alpha value is -2.54. The second-order valence-electron chi connectivity index (χ2n) is 7.88. The summed E-state index contributed by atoms with van der Waals surface area (Å²) in [6, 6.07) is 3.81. The van der Waals surface area contributed by atoms with Gasteiger partial charge < -0.3 is 19.9 Å². The lowest BCUT2D eigenvalue weighted by Crippen LogP contribution is -2.70. The minimum absolute atomic E-state index is 0.0103. The minimum atomic E-state index is -4.86. The molecule has 0 atom stereocenters. The molecule has 3 heterocycles. The van der Waals surface area contributed by atoms with Crippen molar-refractivity contribution in [2.45, 2.75) is 29.6 Å². The van der Waals surface area contributed by atoms with E-state index in [1.807, 2.05) is 0 Å². The van der Waals surface area contributed by atoms with Crippen molar-refractivity contribution in [1.29, 1.82) is 0 Å². The molecule has 3 amide bonds. The predicted octanol–water partition coefficient (Wildman–Crippen LogP) is 0.976. The van der Waals surface area contributed by atoms with Crippen LogP contribution in [-0.4, -0.2) is 85.6 Å². The van der Waals surface area contributed by atoms with Gasteiger partial charge in [0.05, 0.1) is 10.4 Å². The van der Waals surface area contributed by atoms with Crippen LogP contribution in [0.1, 0.15) is 12.8 Å². The summed E-state index contributed by atoms with van der Waals surface area (Å²) in [5.41, 5.74) is -0.320. The number of sulfonamides is 1. The maximum absolute atomic E-state index is 12.8. The molecule has 170 valence electrons. The SMILES string of the molecule is O=C1CCC2(CN(C(=O)N3CCN(S(=O)(=O)c4ccc(OC(F)(F)F)cc4)CC3)C2)N1. The van der Waals surface area contributed by atoms with Crippen molar-refractivity contribution in [3.63, 3.8) is 0 Å². The summed E-state index contributed by atoms with van der Waals surface area (Å²) in [7, 11) is -3.91. The Morgan fingerprint density at radius 1 is 1.03 bits per heavy atom. The van der Waals surface area contributed by atoms with E-state index >= 15 is 0 Å². The third-order valence-electron chi connectivity index (χ3n) is 5.70. The average molecular weight is 462 g/mol. The normalized spacial score (nSPS) is 21.7. The average Bonchev–Trinajstić information content (AvgIpc) is 3.08. The van der Waals surface area contributed by atoms with E-state index in [2.05, 4.69) is 10.1 Å². The summed E-state index contributed by atoms with van der Waals surface area (Å²) in [5, 5.41) is 2.91. The third kappa shape index (κ3) is 4.42. The molecule has 0 aromatic heterocycles. The first kappa shape index (κ1) is 21.7. The van der Waals surface area contributed by atoms with Crippen LogP contribution in [0, 0.1) is 0 Å². The summed E-state index contributed by atoms with van der Waals surface area (Å²) in [4.78, 5) is 27.1. The van der Waals surface area contributed by atoms with Gasteiger partial charge in [-0.3, -0.25) is 4.79 Å². The molecule has 3 fully saturated rings. The fourth-order valence-electron chi connectivity index (χ4n) is 4.11. The highest BCUT2D eigenvalue weighted by Crippen LogP contribution is 2.31. The molecule has 0 radical (unpaired) electrons. The Kier molecular flexibility index (Phi) is 5.28. The second kappa shape index (κ2) is 7.55. The molecule has 31 heavy (non-hydrogen) atoms. The molecule has 1 aromatic carbocycles. The monoisotopic (exact) mass is 462 g/mol. The van der Waals surface area contributed by atoms with Crippen LogP contribution in [0.15, 0.2) is 29.2 Å². The fraction of sp³-hybridized carbons (Fsp3) is 0.556. The molecule has 0 aliphatic carbocycles. The van der Waals surface area contributed by atoms with Crippen molar-refractivity contribution < 1.29 is 35.9 Å². The number of amides is 3. The quantitative estimate of drug-likeness (QED) is 0.722. The number of carbonyl (C=O) groups excluding carboxylic acids is 2. The highest BCUT2D eigenvalue weighted by atomic mass is 32.2. The molecule has 3 saturated heterocycles. The minimum Gasteiger partial charge on any atom is -0.406 e. The molecular weight excluding hydrogens is 441 g/mol. The maximum Gasteiger partial charge on any atom is 0.573 e. The van der Waals surface area contributed by atoms with Gasteiger partial charge in [0.2, 0.25) is 15.9 Å². The molecule has 1 spiro atoms. The van der Waals surface area contributed by atoms with Gasteiger partial charge in [-0.2, -0.15) is 4.31 Å². The Morgan fingerprint density at radius 2 is 1.65 bits per heavy atom. The number of rotatable bonds is 3. The van der Waals surface area contributed by atoms with Crippen LogP contribution >= 0.6 is 0 Å². The van der Waals surface area contributed by atoms with Crippen LogP contribution in [0.2, 0.25) is 0 Å². The van der Waals surface area contributed by atoms with Crippen molar-refractivity contribution in [3.05, 3.63) is 24.3 Å². The van der Waals surface area contributed by atoms with E-state index in [9.17, 15) is 31.2 Å². The van der Waals surface area contributed by atoms with Gasteiger partial charge in [0.15, 0.2) is 0 Å². The first-order valence-corrected chi connectivity index (χ1v) is 11.1. The van der Waals surface area contributed by atoms with Gasteiger partial charge in [-0.15, -0.1) is 13.2 Å². The van der Waals surface area contributed by atoms with Crippen LogP contribution in [0.4, 0.5) is 18.0 Å². The fourth-order valence-corrected chi connectivity index (χ4v) is 5.53. The van der Waals surface area contributed by atoms with Gasteiger partial charge in [0, 0.05) is 45.7 Å². The van der Waals surface area contributed by atoms with E-state index in [1.54, 1.807) is 9.80 Å². The third-order valence-corrected chi connectivity index (χ3v) is 7.61.